The van der Waals surface area contributed by atoms with Gasteiger partial charge in [0.1, 0.15) is 0 Å². The fourth-order valence-electron chi connectivity index (χ4n) is 5.72. The van der Waals surface area contributed by atoms with E-state index in [1.54, 1.807) is 6.08 Å². The molecule has 1 aliphatic heterocycles. The van der Waals surface area contributed by atoms with Gasteiger partial charge in [-0.1, -0.05) is 23.8 Å². The number of likely N-dealkylation sites (tertiary alicyclic amines) is 1. The molecular formula is C24H19FN2O6. The zero-order chi connectivity index (χ0) is 23.8. The molecular weight excluding hydrogens is 431 g/mol. The molecule has 0 aromatic heterocycles. The number of nitrogens with zero attached hydrogens (tertiary/aromatic N) is 1. The van der Waals surface area contributed by atoms with Crippen molar-refractivity contribution in [2.24, 2.45) is 23.5 Å². The fraction of sp³-hybridized carbons (Fsp3) is 0.292. The summed E-state index contributed by atoms with van der Waals surface area (Å²) in [5.74, 6) is -7.24. The Bertz CT molecular complexity index is 1290. The number of hydrogen-bond acceptors (Lipinski definition) is 6. The number of halogens is 1. The Hall–Kier alpha value is -3.88. The minimum atomic E-state index is -1.17. The van der Waals surface area contributed by atoms with Crippen LogP contribution in [0, 0.1) is 23.6 Å². The zero-order valence-electron chi connectivity index (χ0n) is 17.5. The lowest BCUT2D eigenvalue weighted by Gasteiger charge is -2.42. The first-order valence-electron chi connectivity index (χ1n) is 10.5. The normalized spacial score (nSPS) is 28.8. The number of aromatic hydroxyl groups is 1. The van der Waals surface area contributed by atoms with Gasteiger partial charge in [0.15, 0.2) is 23.1 Å². The van der Waals surface area contributed by atoms with Gasteiger partial charge >= 0.3 is 6.03 Å². The number of imide groups is 3. The van der Waals surface area contributed by atoms with Gasteiger partial charge in [-0.25, -0.2) is 9.18 Å². The van der Waals surface area contributed by atoms with E-state index in [-0.39, 0.29) is 40.9 Å². The quantitative estimate of drug-likeness (QED) is 0.382. The van der Waals surface area contributed by atoms with Gasteiger partial charge < -0.3 is 10.8 Å². The van der Waals surface area contributed by atoms with Gasteiger partial charge in [0.05, 0.1) is 11.8 Å². The first kappa shape index (κ1) is 21.0. The standard InChI is InChI=1S/C24H19FN2O6/c1-9-7-16(28)19-14(20(9)29)8-13-10(17(19)11-3-2-4-15(25)21(11)30)5-6-12-18(13)23(32)27(22(12)31)24(26)33/h2-5,7,12-13,17-18,30H,6,8H2,1H3,(H2,26,33). The second-order valence-electron chi connectivity index (χ2n) is 8.76. The summed E-state index contributed by atoms with van der Waals surface area (Å²) in [6, 6.07) is 2.75. The number of amides is 4. The maximum absolute atomic E-state index is 14.3. The summed E-state index contributed by atoms with van der Waals surface area (Å²) in [4.78, 5) is 64.1. The molecule has 1 aromatic carbocycles. The number of fused-ring (bicyclic) bond motifs is 3. The van der Waals surface area contributed by atoms with Crippen LogP contribution >= 0.6 is 0 Å². The van der Waals surface area contributed by atoms with Crippen LogP contribution in [0.5, 0.6) is 5.75 Å². The first-order valence-corrected chi connectivity index (χ1v) is 10.5. The summed E-state index contributed by atoms with van der Waals surface area (Å²) in [6.07, 6.45) is 3.03. The molecule has 0 saturated carbocycles. The second kappa shape index (κ2) is 7.06. The van der Waals surface area contributed by atoms with E-state index >= 15 is 0 Å². The van der Waals surface area contributed by atoms with E-state index in [0.29, 0.717) is 10.5 Å². The van der Waals surface area contributed by atoms with E-state index < -0.39 is 58.9 Å². The number of hydrogen-bond donors (Lipinski definition) is 2. The number of nitrogens with two attached hydrogens (primary N) is 1. The van der Waals surface area contributed by atoms with Crippen molar-refractivity contribution < 1.29 is 33.5 Å². The van der Waals surface area contributed by atoms with E-state index in [1.807, 2.05) is 0 Å². The monoisotopic (exact) mass is 450 g/mol. The summed E-state index contributed by atoms with van der Waals surface area (Å²) in [5, 5.41) is 10.5. The van der Waals surface area contributed by atoms with Gasteiger partial charge in [0.25, 0.3) is 0 Å². The van der Waals surface area contributed by atoms with Gasteiger partial charge in [-0.15, -0.1) is 0 Å². The highest BCUT2D eigenvalue weighted by atomic mass is 19.1. The molecule has 0 bridgehead atoms. The minimum absolute atomic E-state index is 0.0102. The molecule has 1 heterocycles. The van der Waals surface area contributed by atoms with Crippen LogP contribution < -0.4 is 5.73 Å². The summed E-state index contributed by atoms with van der Waals surface area (Å²) < 4.78 is 14.3. The molecule has 4 unspecified atom stereocenters. The molecule has 1 aromatic rings. The van der Waals surface area contributed by atoms with Crippen molar-refractivity contribution in [2.45, 2.75) is 25.7 Å². The Morgan fingerprint density at radius 3 is 2.58 bits per heavy atom. The van der Waals surface area contributed by atoms with E-state index in [9.17, 15) is 33.5 Å². The molecule has 168 valence electrons. The van der Waals surface area contributed by atoms with E-state index in [1.165, 1.54) is 25.1 Å². The first-order chi connectivity index (χ1) is 15.6. The van der Waals surface area contributed by atoms with Crippen molar-refractivity contribution in [1.29, 1.82) is 0 Å². The van der Waals surface area contributed by atoms with Gasteiger partial charge in [-0.3, -0.25) is 19.2 Å². The van der Waals surface area contributed by atoms with Gasteiger partial charge in [-0.2, -0.15) is 4.90 Å². The number of phenolic OH excluding ortho intramolecular Hbond substituents is 1. The number of rotatable bonds is 1. The van der Waals surface area contributed by atoms with Gasteiger partial charge in [-0.05, 0) is 37.8 Å². The topological polar surface area (TPSA) is 135 Å². The molecule has 4 aliphatic rings. The summed E-state index contributed by atoms with van der Waals surface area (Å²) in [6.45, 7) is 1.51. The Morgan fingerprint density at radius 1 is 1.15 bits per heavy atom. The van der Waals surface area contributed by atoms with E-state index in [2.05, 4.69) is 0 Å². The number of carbonyl (C=O) groups excluding carboxylic acids is 5. The number of allylic oxidation sites excluding steroid dienone is 6. The zero-order valence-corrected chi connectivity index (χ0v) is 17.5. The Balaban J connectivity index is 1.73. The molecule has 0 radical (unpaired) electrons. The molecule has 0 spiro atoms. The predicted octanol–water partition coefficient (Wildman–Crippen LogP) is 2.04. The van der Waals surface area contributed by atoms with Gasteiger partial charge in [0, 0.05) is 28.2 Å². The molecule has 3 aliphatic carbocycles. The largest absolute Gasteiger partial charge is 0.505 e. The van der Waals surface area contributed by atoms with Crippen LogP contribution in [0.1, 0.15) is 31.2 Å². The Morgan fingerprint density at radius 2 is 1.88 bits per heavy atom. The highest BCUT2D eigenvalue weighted by Gasteiger charge is 2.57. The average molecular weight is 450 g/mol. The second-order valence-corrected chi connectivity index (χ2v) is 8.76. The molecule has 1 fully saturated rings. The number of primary amides is 1. The van der Waals surface area contributed by atoms with Crippen molar-refractivity contribution in [1.82, 2.24) is 4.90 Å². The maximum Gasteiger partial charge on any atom is 0.328 e. The fourth-order valence-corrected chi connectivity index (χ4v) is 5.72. The molecule has 1 saturated heterocycles. The van der Waals surface area contributed by atoms with E-state index in [0.717, 1.165) is 6.07 Å². The molecule has 9 heteroatoms. The van der Waals surface area contributed by atoms with Crippen LogP contribution in [-0.2, 0) is 19.2 Å². The third-order valence-electron chi connectivity index (χ3n) is 7.11. The summed E-state index contributed by atoms with van der Waals surface area (Å²) >= 11 is 0. The minimum Gasteiger partial charge on any atom is -0.505 e. The third-order valence-corrected chi connectivity index (χ3v) is 7.11. The summed E-state index contributed by atoms with van der Waals surface area (Å²) in [7, 11) is 0. The number of phenols is 1. The van der Waals surface area contributed by atoms with Crippen molar-refractivity contribution in [3.8, 4) is 5.75 Å². The highest BCUT2D eigenvalue weighted by molar-refractivity contribution is 6.24. The Labute approximate surface area is 187 Å². The van der Waals surface area contributed by atoms with Crippen LogP contribution in [0.25, 0.3) is 0 Å². The Kier molecular flexibility index (Phi) is 4.49. The predicted molar refractivity (Wildman–Crippen MR) is 111 cm³/mol. The lowest BCUT2D eigenvalue weighted by molar-refractivity contribution is -0.136. The van der Waals surface area contributed by atoms with Crippen molar-refractivity contribution >= 4 is 29.4 Å². The molecule has 8 nitrogen and oxygen atoms in total. The van der Waals surface area contributed by atoms with Crippen LogP contribution in [0.2, 0.25) is 0 Å². The SMILES string of the molecule is CC1=CC(=O)C2=C(CC3C(=CCC4C(=O)N(C(N)=O)C(=O)C43)C2c2cccc(F)c2O)C1=O. The number of para-hydroxylation sites is 1. The lowest BCUT2D eigenvalue weighted by atomic mass is 9.59. The number of carbonyl (C=O) groups is 5. The molecule has 3 N–H and O–H groups in total. The van der Waals surface area contributed by atoms with Crippen molar-refractivity contribution in [3.05, 3.63) is 64.0 Å². The number of ketones is 2. The number of Topliss-reactive ketones (excluding diaryl/α,β-unsaturated/α-hetero) is 1. The smallest absolute Gasteiger partial charge is 0.328 e. The van der Waals surface area contributed by atoms with E-state index in [4.69, 9.17) is 5.73 Å². The van der Waals surface area contributed by atoms with Crippen LogP contribution in [0.15, 0.2) is 52.6 Å². The van der Waals surface area contributed by atoms with Crippen molar-refractivity contribution in [3.63, 3.8) is 0 Å². The molecule has 4 amide bonds. The third kappa shape index (κ3) is 2.78. The van der Waals surface area contributed by atoms with Gasteiger partial charge in [0.2, 0.25) is 11.8 Å². The molecule has 4 atom stereocenters. The number of benzene rings is 1. The number of urea groups is 1. The van der Waals surface area contributed by atoms with Crippen molar-refractivity contribution in [2.75, 3.05) is 0 Å². The summed E-state index contributed by atoms with van der Waals surface area (Å²) in [5.41, 5.74) is 6.43. The van der Waals surface area contributed by atoms with Crippen LogP contribution in [0.4, 0.5) is 9.18 Å². The lowest BCUT2D eigenvalue weighted by Crippen LogP contribution is -2.42. The molecule has 5 rings (SSSR count). The highest BCUT2D eigenvalue weighted by Crippen LogP contribution is 2.56. The van der Waals surface area contributed by atoms with Crippen LogP contribution in [0.3, 0.4) is 0 Å². The van der Waals surface area contributed by atoms with Crippen LogP contribution in [-0.4, -0.2) is 39.4 Å². The maximum atomic E-state index is 14.3. The molecule has 33 heavy (non-hydrogen) atoms. The average Bonchev–Trinajstić information content (AvgIpc) is 3.03.